The summed E-state index contributed by atoms with van der Waals surface area (Å²) in [5, 5.41) is 0.779. The Hall–Kier alpha value is -0.130. The van der Waals surface area contributed by atoms with E-state index in [9.17, 15) is 0 Å². The molecule has 110 valence electrons. The molecule has 0 radical (unpaired) electrons. The fourth-order valence-corrected chi connectivity index (χ4v) is 4.23. The van der Waals surface area contributed by atoms with Crippen LogP contribution in [0, 0.1) is 0 Å². The van der Waals surface area contributed by atoms with E-state index in [1.165, 1.54) is 31.5 Å². The van der Waals surface area contributed by atoms with Crippen molar-refractivity contribution >= 4 is 27.5 Å². The summed E-state index contributed by atoms with van der Waals surface area (Å²) in [6.45, 7) is 5.29. The summed E-state index contributed by atoms with van der Waals surface area (Å²) in [5.41, 5.74) is 7.29. The number of nitrogens with two attached hydrogens (primary N) is 1. The zero-order valence-electron chi connectivity index (χ0n) is 11.6. The third-order valence-corrected chi connectivity index (χ3v) is 5.56. The lowest BCUT2D eigenvalue weighted by molar-refractivity contribution is 0.0735. The topological polar surface area (TPSA) is 32.5 Å². The molecule has 3 nitrogen and oxygen atoms in total. The third kappa shape index (κ3) is 2.90. The van der Waals surface area contributed by atoms with Crippen LogP contribution in [0.4, 0.5) is 0 Å². The maximum atomic E-state index is 6.16. The van der Waals surface area contributed by atoms with Crippen molar-refractivity contribution in [1.82, 2.24) is 9.80 Å². The van der Waals surface area contributed by atoms with E-state index in [4.69, 9.17) is 17.3 Å². The maximum Gasteiger partial charge on any atom is 0.0483 e. The Morgan fingerprint density at radius 3 is 3.00 bits per heavy atom. The molecule has 0 aliphatic carbocycles. The van der Waals surface area contributed by atoms with E-state index in [1.807, 2.05) is 18.2 Å². The van der Waals surface area contributed by atoms with Gasteiger partial charge in [0.25, 0.3) is 0 Å². The second-order valence-corrected chi connectivity index (χ2v) is 7.04. The van der Waals surface area contributed by atoms with Crippen molar-refractivity contribution in [2.24, 2.45) is 5.73 Å². The van der Waals surface area contributed by atoms with Crippen LogP contribution in [0.15, 0.2) is 22.7 Å². The van der Waals surface area contributed by atoms with E-state index in [0.29, 0.717) is 6.54 Å². The number of hydrogen-bond donors (Lipinski definition) is 1. The molecule has 20 heavy (non-hydrogen) atoms. The van der Waals surface area contributed by atoms with Crippen molar-refractivity contribution in [3.63, 3.8) is 0 Å². The van der Waals surface area contributed by atoms with E-state index in [2.05, 4.69) is 25.7 Å². The van der Waals surface area contributed by atoms with Crippen molar-refractivity contribution < 1.29 is 0 Å². The molecule has 0 amide bonds. The summed E-state index contributed by atoms with van der Waals surface area (Å²) < 4.78 is 1.10. The molecule has 5 heteroatoms. The van der Waals surface area contributed by atoms with Crippen LogP contribution >= 0.6 is 27.5 Å². The highest BCUT2D eigenvalue weighted by molar-refractivity contribution is 9.10. The lowest BCUT2D eigenvalue weighted by Gasteiger charge is -2.41. The highest BCUT2D eigenvalue weighted by Crippen LogP contribution is 2.32. The maximum absolute atomic E-state index is 6.16. The minimum Gasteiger partial charge on any atom is -0.329 e. The molecule has 2 heterocycles. The Morgan fingerprint density at radius 1 is 1.35 bits per heavy atom. The van der Waals surface area contributed by atoms with E-state index in [0.717, 1.165) is 28.6 Å². The summed E-state index contributed by atoms with van der Waals surface area (Å²) in [6, 6.07) is 6.95. The SMILES string of the molecule is NCC(c1cc(Cl)ccc1Br)N1CCN2CCCC2C1. The molecule has 2 unspecified atom stereocenters. The molecule has 0 aromatic heterocycles. The fourth-order valence-electron chi connectivity index (χ4n) is 3.54. The molecule has 1 aromatic rings. The highest BCUT2D eigenvalue weighted by Gasteiger charge is 2.33. The van der Waals surface area contributed by atoms with Gasteiger partial charge in [-0.05, 0) is 43.1 Å². The van der Waals surface area contributed by atoms with Crippen molar-refractivity contribution in [2.75, 3.05) is 32.7 Å². The summed E-state index contributed by atoms with van der Waals surface area (Å²) in [5.74, 6) is 0. The number of nitrogens with zero attached hydrogens (tertiary/aromatic N) is 2. The van der Waals surface area contributed by atoms with Crippen molar-refractivity contribution in [3.8, 4) is 0 Å². The van der Waals surface area contributed by atoms with Crippen LogP contribution in [0.2, 0.25) is 5.02 Å². The van der Waals surface area contributed by atoms with Crippen LogP contribution < -0.4 is 5.73 Å². The van der Waals surface area contributed by atoms with Gasteiger partial charge in [0.05, 0.1) is 0 Å². The number of halogens is 2. The zero-order valence-corrected chi connectivity index (χ0v) is 13.9. The summed E-state index contributed by atoms with van der Waals surface area (Å²) in [6.07, 6.45) is 2.66. The molecular formula is C15H21BrClN3. The Labute approximate surface area is 134 Å². The smallest absolute Gasteiger partial charge is 0.0483 e. The van der Waals surface area contributed by atoms with Crippen molar-refractivity contribution in [1.29, 1.82) is 0 Å². The summed E-state index contributed by atoms with van der Waals surface area (Å²) in [7, 11) is 0. The standard InChI is InChI=1S/C15H21BrClN3/c16-14-4-3-11(17)8-13(14)15(9-18)20-7-6-19-5-1-2-12(19)10-20/h3-4,8,12,15H,1-2,5-7,9-10,18H2. The molecule has 2 N–H and O–H groups in total. The largest absolute Gasteiger partial charge is 0.329 e. The van der Waals surface area contributed by atoms with Gasteiger partial charge in [-0.3, -0.25) is 9.80 Å². The average molecular weight is 359 g/mol. The predicted molar refractivity (Wildman–Crippen MR) is 87.1 cm³/mol. The average Bonchev–Trinajstić information content (AvgIpc) is 2.91. The van der Waals surface area contributed by atoms with Gasteiger partial charge in [0.1, 0.15) is 0 Å². The number of rotatable bonds is 3. The minimum absolute atomic E-state index is 0.255. The van der Waals surface area contributed by atoms with Crippen LogP contribution in [0.25, 0.3) is 0 Å². The molecular weight excluding hydrogens is 338 g/mol. The van der Waals surface area contributed by atoms with Gasteiger partial charge < -0.3 is 5.73 Å². The van der Waals surface area contributed by atoms with Crippen LogP contribution in [0.1, 0.15) is 24.4 Å². The van der Waals surface area contributed by atoms with Crippen LogP contribution in [-0.4, -0.2) is 48.6 Å². The second kappa shape index (κ2) is 6.32. The first-order valence-corrected chi connectivity index (χ1v) is 8.49. The van der Waals surface area contributed by atoms with Gasteiger partial charge in [-0.2, -0.15) is 0 Å². The van der Waals surface area contributed by atoms with Gasteiger partial charge in [-0.15, -0.1) is 0 Å². The van der Waals surface area contributed by atoms with E-state index >= 15 is 0 Å². The van der Waals surface area contributed by atoms with Crippen LogP contribution in [0.3, 0.4) is 0 Å². The van der Waals surface area contributed by atoms with Gasteiger partial charge in [0.15, 0.2) is 0 Å². The Balaban J connectivity index is 1.81. The first kappa shape index (κ1) is 14.8. The number of piperazine rings is 1. The first-order valence-electron chi connectivity index (χ1n) is 7.32. The van der Waals surface area contributed by atoms with Crippen molar-refractivity contribution in [3.05, 3.63) is 33.3 Å². The monoisotopic (exact) mass is 357 g/mol. The van der Waals surface area contributed by atoms with Gasteiger partial charge >= 0.3 is 0 Å². The zero-order chi connectivity index (χ0) is 14.1. The fraction of sp³-hybridized carbons (Fsp3) is 0.600. The number of hydrogen-bond acceptors (Lipinski definition) is 3. The Kier molecular flexibility index (Phi) is 4.68. The first-order chi connectivity index (χ1) is 9.69. The quantitative estimate of drug-likeness (QED) is 0.902. The molecule has 2 fully saturated rings. The third-order valence-electron chi connectivity index (χ3n) is 4.60. The predicted octanol–water partition coefficient (Wildman–Crippen LogP) is 2.88. The normalized spacial score (nSPS) is 25.6. The second-order valence-electron chi connectivity index (χ2n) is 5.74. The van der Waals surface area contributed by atoms with E-state index in [1.54, 1.807) is 0 Å². The van der Waals surface area contributed by atoms with Gasteiger partial charge in [-0.25, -0.2) is 0 Å². The molecule has 0 saturated carbocycles. The highest BCUT2D eigenvalue weighted by atomic mass is 79.9. The van der Waals surface area contributed by atoms with Crippen molar-refractivity contribution in [2.45, 2.75) is 24.9 Å². The summed E-state index contributed by atoms with van der Waals surface area (Å²) in [4.78, 5) is 5.15. The van der Waals surface area contributed by atoms with Crippen LogP contribution in [-0.2, 0) is 0 Å². The van der Waals surface area contributed by atoms with E-state index < -0.39 is 0 Å². The number of fused-ring (bicyclic) bond motifs is 1. The molecule has 3 rings (SSSR count). The minimum atomic E-state index is 0.255. The van der Waals surface area contributed by atoms with Gasteiger partial charge in [-0.1, -0.05) is 27.5 Å². The molecule has 0 spiro atoms. The van der Waals surface area contributed by atoms with Gasteiger partial charge in [0.2, 0.25) is 0 Å². The van der Waals surface area contributed by atoms with Gasteiger partial charge in [0, 0.05) is 47.8 Å². The lowest BCUT2D eigenvalue weighted by atomic mass is 10.0. The lowest BCUT2D eigenvalue weighted by Crippen LogP contribution is -2.52. The number of benzene rings is 1. The summed E-state index contributed by atoms with van der Waals surface area (Å²) >= 11 is 9.80. The van der Waals surface area contributed by atoms with Crippen LogP contribution in [0.5, 0.6) is 0 Å². The molecule has 2 aliphatic heterocycles. The van der Waals surface area contributed by atoms with E-state index in [-0.39, 0.29) is 6.04 Å². The Bertz CT molecular complexity index is 482. The molecule has 2 atom stereocenters. The molecule has 2 saturated heterocycles. The Morgan fingerprint density at radius 2 is 2.20 bits per heavy atom. The molecule has 2 aliphatic rings. The molecule has 0 bridgehead atoms. The molecule has 1 aromatic carbocycles.